The highest BCUT2D eigenvalue weighted by Gasteiger charge is 2.22. The molecule has 2 N–H and O–H groups in total. The second kappa shape index (κ2) is 8.59. The number of hydrogen-bond acceptors (Lipinski definition) is 3. The van der Waals surface area contributed by atoms with Crippen LogP contribution in [0.3, 0.4) is 0 Å². The van der Waals surface area contributed by atoms with E-state index in [0.29, 0.717) is 5.92 Å². The predicted octanol–water partition coefficient (Wildman–Crippen LogP) is 5.83. The molecular weight excluding hydrogens is 447 g/mol. The number of aromatic amines is 1. The summed E-state index contributed by atoms with van der Waals surface area (Å²) in [5, 5.41) is 3.62. The summed E-state index contributed by atoms with van der Waals surface area (Å²) in [7, 11) is 0. The zero-order chi connectivity index (χ0) is 18.6. The number of rotatable bonds is 7. The van der Waals surface area contributed by atoms with Crippen LogP contribution >= 0.6 is 22.6 Å². The molecule has 5 heteroatoms. The summed E-state index contributed by atoms with van der Waals surface area (Å²) in [5.41, 5.74) is 6.28. The van der Waals surface area contributed by atoms with Crippen LogP contribution in [0.1, 0.15) is 61.9 Å². The third-order valence-corrected chi connectivity index (χ3v) is 6.45. The molecule has 3 aromatic rings. The summed E-state index contributed by atoms with van der Waals surface area (Å²) >= 11 is 2.49. The molecule has 4 rings (SSSR count). The first-order valence-electron chi connectivity index (χ1n) is 10.1. The Hall–Kier alpha value is -1.63. The highest BCUT2D eigenvalue weighted by molar-refractivity contribution is 14.1. The molecule has 0 saturated carbocycles. The van der Waals surface area contributed by atoms with Gasteiger partial charge in [-0.3, -0.25) is 0 Å². The van der Waals surface area contributed by atoms with Crippen molar-refractivity contribution in [3.63, 3.8) is 0 Å². The molecule has 27 heavy (non-hydrogen) atoms. The van der Waals surface area contributed by atoms with Gasteiger partial charge in [0.25, 0.3) is 0 Å². The largest absolute Gasteiger partial charge is 0.384 e. The molecule has 0 unspecified atom stereocenters. The molecule has 1 atom stereocenters. The molecule has 0 saturated heterocycles. The summed E-state index contributed by atoms with van der Waals surface area (Å²) in [5.74, 6) is 1.77. The van der Waals surface area contributed by atoms with Gasteiger partial charge in [0.05, 0.1) is 11.2 Å². The van der Waals surface area contributed by atoms with Gasteiger partial charge in [-0.2, -0.15) is 0 Å². The maximum Gasteiger partial charge on any atom is 0.177 e. The number of aryl methyl sites for hydroxylation is 2. The molecule has 0 radical (unpaired) electrons. The molecule has 0 fully saturated rings. The zero-order valence-corrected chi connectivity index (χ0v) is 18.1. The Morgan fingerprint density at radius 2 is 2.15 bits per heavy atom. The van der Waals surface area contributed by atoms with Crippen molar-refractivity contribution < 1.29 is 0 Å². The first-order valence-corrected chi connectivity index (χ1v) is 11.2. The average molecular weight is 474 g/mol. The number of aromatic nitrogens is 3. The Morgan fingerprint density at radius 3 is 3.00 bits per heavy atom. The van der Waals surface area contributed by atoms with Crippen molar-refractivity contribution in [2.24, 2.45) is 0 Å². The lowest BCUT2D eigenvalue weighted by Gasteiger charge is -2.28. The van der Waals surface area contributed by atoms with E-state index < -0.39 is 0 Å². The molecule has 0 spiro atoms. The van der Waals surface area contributed by atoms with Gasteiger partial charge < -0.3 is 10.3 Å². The highest BCUT2D eigenvalue weighted by atomic mass is 127. The van der Waals surface area contributed by atoms with Crippen molar-refractivity contribution in [1.82, 2.24) is 15.0 Å². The fourth-order valence-corrected chi connectivity index (χ4v) is 5.00. The number of unbranched alkanes of at least 4 members (excludes halogenated alkanes) is 2. The van der Waals surface area contributed by atoms with Crippen LogP contribution in [0.15, 0.2) is 30.5 Å². The molecule has 1 aliphatic rings. The van der Waals surface area contributed by atoms with Crippen molar-refractivity contribution >= 4 is 39.4 Å². The van der Waals surface area contributed by atoms with Gasteiger partial charge in [0.1, 0.15) is 5.82 Å². The number of pyridine rings is 1. The van der Waals surface area contributed by atoms with Gasteiger partial charge in [-0.05, 0) is 83.5 Å². The van der Waals surface area contributed by atoms with E-state index in [9.17, 15) is 0 Å². The second-order valence-corrected chi connectivity index (χ2v) is 8.63. The Balaban J connectivity index is 1.30. The number of benzene rings is 1. The molecular formula is C22H27IN4. The van der Waals surface area contributed by atoms with E-state index in [0.717, 1.165) is 36.4 Å². The van der Waals surface area contributed by atoms with E-state index in [4.69, 9.17) is 0 Å². The van der Waals surface area contributed by atoms with Crippen LogP contribution in [0.4, 0.5) is 5.69 Å². The summed E-state index contributed by atoms with van der Waals surface area (Å²) in [6, 6.07) is 8.76. The number of H-pyrrole nitrogens is 1. The van der Waals surface area contributed by atoms with Crippen LogP contribution in [-0.2, 0) is 12.8 Å². The van der Waals surface area contributed by atoms with Crippen LogP contribution in [0.5, 0.6) is 0 Å². The van der Waals surface area contributed by atoms with Crippen LogP contribution in [-0.4, -0.2) is 21.5 Å². The molecule has 142 valence electrons. The summed E-state index contributed by atoms with van der Waals surface area (Å²) in [4.78, 5) is 12.3. The average Bonchev–Trinajstić information content (AvgIpc) is 3.10. The van der Waals surface area contributed by atoms with Gasteiger partial charge in [0, 0.05) is 22.7 Å². The molecule has 3 heterocycles. The van der Waals surface area contributed by atoms with Gasteiger partial charge >= 0.3 is 0 Å². The first kappa shape index (κ1) is 18.7. The van der Waals surface area contributed by atoms with Crippen molar-refractivity contribution in [2.45, 2.75) is 57.8 Å². The SMILES string of the molecule is CCc1cc(I)c2c(c1)[C@H](CCCCCc1nc3ncccc3[nH]1)CCN2. The third-order valence-electron chi connectivity index (χ3n) is 5.60. The lowest BCUT2D eigenvalue weighted by Crippen LogP contribution is -2.18. The first-order chi connectivity index (χ1) is 13.2. The fourth-order valence-electron chi connectivity index (χ4n) is 4.10. The normalized spacial score (nSPS) is 16.3. The maximum atomic E-state index is 4.58. The Morgan fingerprint density at radius 1 is 1.22 bits per heavy atom. The van der Waals surface area contributed by atoms with E-state index in [1.54, 1.807) is 11.8 Å². The molecule has 0 amide bonds. The van der Waals surface area contributed by atoms with Crippen LogP contribution < -0.4 is 5.32 Å². The van der Waals surface area contributed by atoms with E-state index in [1.165, 1.54) is 46.9 Å². The minimum atomic E-state index is 0.705. The molecule has 1 aliphatic heterocycles. The number of imidazole rings is 1. The topological polar surface area (TPSA) is 53.6 Å². The quantitative estimate of drug-likeness (QED) is 0.335. The highest BCUT2D eigenvalue weighted by Crippen LogP contribution is 2.38. The number of hydrogen-bond donors (Lipinski definition) is 2. The fraction of sp³-hybridized carbons (Fsp3) is 0.455. The second-order valence-electron chi connectivity index (χ2n) is 7.47. The molecule has 1 aromatic carbocycles. The predicted molar refractivity (Wildman–Crippen MR) is 120 cm³/mol. The van der Waals surface area contributed by atoms with Gasteiger partial charge in [-0.25, -0.2) is 9.97 Å². The number of nitrogens with zero attached hydrogens (tertiary/aromatic N) is 2. The molecule has 0 bridgehead atoms. The smallest absolute Gasteiger partial charge is 0.177 e. The van der Waals surface area contributed by atoms with E-state index in [2.05, 4.69) is 61.9 Å². The summed E-state index contributed by atoms with van der Waals surface area (Å²) in [6.45, 7) is 3.35. The molecule has 0 aliphatic carbocycles. The molecule has 4 nitrogen and oxygen atoms in total. The van der Waals surface area contributed by atoms with Crippen molar-refractivity contribution in [3.05, 3.63) is 51.0 Å². The van der Waals surface area contributed by atoms with E-state index in [-0.39, 0.29) is 0 Å². The van der Waals surface area contributed by atoms with Crippen LogP contribution in [0.2, 0.25) is 0 Å². The van der Waals surface area contributed by atoms with Crippen LogP contribution in [0, 0.1) is 3.57 Å². The Labute approximate surface area is 174 Å². The Kier molecular flexibility index (Phi) is 5.95. The lowest BCUT2D eigenvalue weighted by molar-refractivity contribution is 0.527. The molecule has 2 aromatic heterocycles. The minimum Gasteiger partial charge on any atom is -0.384 e. The number of anilines is 1. The minimum absolute atomic E-state index is 0.705. The number of nitrogens with one attached hydrogen (secondary N) is 2. The summed E-state index contributed by atoms with van der Waals surface area (Å²) < 4.78 is 1.38. The third kappa shape index (κ3) is 4.28. The van der Waals surface area contributed by atoms with Gasteiger partial charge in [-0.15, -0.1) is 0 Å². The number of halogens is 1. The number of fused-ring (bicyclic) bond motifs is 2. The van der Waals surface area contributed by atoms with Gasteiger partial charge in [0.15, 0.2) is 5.65 Å². The maximum absolute atomic E-state index is 4.58. The van der Waals surface area contributed by atoms with E-state index >= 15 is 0 Å². The monoisotopic (exact) mass is 474 g/mol. The van der Waals surface area contributed by atoms with Crippen LogP contribution in [0.25, 0.3) is 11.2 Å². The lowest BCUT2D eigenvalue weighted by atomic mass is 9.85. The van der Waals surface area contributed by atoms with Crippen molar-refractivity contribution in [3.8, 4) is 0 Å². The van der Waals surface area contributed by atoms with Gasteiger partial charge in [-0.1, -0.05) is 25.8 Å². The van der Waals surface area contributed by atoms with Crippen molar-refractivity contribution in [2.75, 3.05) is 11.9 Å². The standard InChI is InChI=1S/C22H27IN4/c1-2-15-13-17-16(10-12-24-21(17)18(23)14-15)7-4-3-5-9-20-26-19-8-6-11-25-22(19)27-20/h6,8,11,13-14,16,24H,2-5,7,9-10,12H2,1H3,(H,25,26,27)/t16-/m1/s1. The van der Waals surface area contributed by atoms with E-state index in [1.807, 2.05) is 12.1 Å². The van der Waals surface area contributed by atoms with Crippen molar-refractivity contribution in [1.29, 1.82) is 0 Å². The summed E-state index contributed by atoms with van der Waals surface area (Å²) in [6.07, 6.45) is 10.2. The Bertz CT molecular complexity index is 885. The zero-order valence-electron chi connectivity index (χ0n) is 15.9. The van der Waals surface area contributed by atoms with Gasteiger partial charge in [0.2, 0.25) is 0 Å².